The van der Waals surface area contributed by atoms with E-state index in [4.69, 9.17) is 4.74 Å². The summed E-state index contributed by atoms with van der Waals surface area (Å²) in [5, 5.41) is 2.96. The number of anilines is 2. The van der Waals surface area contributed by atoms with Gasteiger partial charge in [-0.2, -0.15) is 0 Å². The predicted molar refractivity (Wildman–Crippen MR) is 114 cm³/mol. The quantitative estimate of drug-likeness (QED) is 0.742. The van der Waals surface area contributed by atoms with Gasteiger partial charge in [0, 0.05) is 43.1 Å². The first-order valence-corrected chi connectivity index (χ1v) is 10.2. The van der Waals surface area contributed by atoms with Gasteiger partial charge in [-0.05, 0) is 71.9 Å². The molecule has 27 heavy (non-hydrogen) atoms. The van der Waals surface area contributed by atoms with E-state index in [-0.39, 0.29) is 5.91 Å². The number of nitrogens with zero attached hydrogens (tertiary/aromatic N) is 2. The van der Waals surface area contributed by atoms with Gasteiger partial charge in [-0.15, -0.1) is 0 Å². The third-order valence-corrected chi connectivity index (χ3v) is 5.42. The zero-order chi connectivity index (χ0) is 19.2. The Hall–Kier alpha value is -2.05. The van der Waals surface area contributed by atoms with Crippen LogP contribution < -0.4 is 15.0 Å². The molecule has 0 unspecified atom stereocenters. The molecule has 2 aromatic carbocycles. The number of benzene rings is 2. The fourth-order valence-electron chi connectivity index (χ4n) is 3.20. The van der Waals surface area contributed by atoms with E-state index < -0.39 is 0 Å². The summed E-state index contributed by atoms with van der Waals surface area (Å²) in [6, 6.07) is 13.4. The number of halogens is 1. The van der Waals surface area contributed by atoms with Gasteiger partial charge in [0.2, 0.25) is 0 Å². The normalized spacial score (nSPS) is 14.9. The molecule has 1 heterocycles. The van der Waals surface area contributed by atoms with E-state index in [0.29, 0.717) is 12.2 Å². The van der Waals surface area contributed by atoms with E-state index in [1.54, 1.807) is 12.1 Å². The summed E-state index contributed by atoms with van der Waals surface area (Å²) in [5.41, 5.74) is 2.58. The molecule has 0 saturated carbocycles. The van der Waals surface area contributed by atoms with E-state index in [9.17, 15) is 4.79 Å². The highest BCUT2D eigenvalue weighted by Crippen LogP contribution is 2.26. The van der Waals surface area contributed by atoms with Crippen molar-refractivity contribution in [1.82, 2.24) is 4.90 Å². The molecule has 6 heteroatoms. The van der Waals surface area contributed by atoms with Crippen molar-refractivity contribution in [2.45, 2.75) is 13.8 Å². The molecular formula is C21H26BrN3O2. The Morgan fingerprint density at radius 1 is 1.07 bits per heavy atom. The van der Waals surface area contributed by atoms with Gasteiger partial charge in [0.1, 0.15) is 5.75 Å². The van der Waals surface area contributed by atoms with Crippen LogP contribution in [0.1, 0.15) is 24.2 Å². The minimum absolute atomic E-state index is 0.136. The highest BCUT2D eigenvalue weighted by Gasteiger charge is 2.16. The van der Waals surface area contributed by atoms with Gasteiger partial charge >= 0.3 is 0 Å². The Morgan fingerprint density at radius 3 is 2.37 bits per heavy atom. The van der Waals surface area contributed by atoms with Crippen LogP contribution in [0.4, 0.5) is 11.4 Å². The number of likely N-dealkylation sites (N-methyl/N-ethyl adjacent to an activating group) is 1. The van der Waals surface area contributed by atoms with Crippen molar-refractivity contribution in [2.24, 2.45) is 0 Å². The van der Waals surface area contributed by atoms with Crippen molar-refractivity contribution in [3.05, 3.63) is 52.5 Å². The molecule has 0 atom stereocenters. The lowest BCUT2D eigenvalue weighted by Gasteiger charge is -2.35. The van der Waals surface area contributed by atoms with Gasteiger partial charge in [-0.3, -0.25) is 4.79 Å². The number of carbonyl (C=O) groups is 1. The smallest absolute Gasteiger partial charge is 0.255 e. The molecule has 0 aliphatic carbocycles. The van der Waals surface area contributed by atoms with Gasteiger partial charge in [-0.25, -0.2) is 0 Å². The average molecular weight is 432 g/mol. The van der Waals surface area contributed by atoms with E-state index in [1.807, 2.05) is 25.1 Å². The van der Waals surface area contributed by atoms with Gasteiger partial charge < -0.3 is 19.9 Å². The summed E-state index contributed by atoms with van der Waals surface area (Å²) >= 11 is 3.45. The van der Waals surface area contributed by atoms with Gasteiger partial charge in [0.05, 0.1) is 11.1 Å². The van der Waals surface area contributed by atoms with Crippen LogP contribution >= 0.6 is 15.9 Å². The Balaban J connectivity index is 1.61. The number of rotatable bonds is 6. The van der Waals surface area contributed by atoms with Crippen molar-refractivity contribution in [3.63, 3.8) is 0 Å². The molecular weight excluding hydrogens is 406 g/mol. The summed E-state index contributed by atoms with van der Waals surface area (Å²) < 4.78 is 6.26. The standard InChI is InChI=1S/C21H26BrN3O2/c1-3-24-11-13-25(14-12-24)18-8-6-17(7-9-18)23-21(26)16-5-10-20(27-4-2)19(22)15-16/h5-10,15H,3-4,11-14H2,1-2H3,(H,23,26). The number of carbonyl (C=O) groups excluding carboxylic acids is 1. The van der Waals surface area contributed by atoms with Gasteiger partial charge in [0.15, 0.2) is 0 Å². The van der Waals surface area contributed by atoms with Crippen molar-refractivity contribution < 1.29 is 9.53 Å². The van der Waals surface area contributed by atoms with Crippen LogP contribution in [0.25, 0.3) is 0 Å². The number of hydrogen-bond donors (Lipinski definition) is 1. The number of nitrogens with one attached hydrogen (secondary N) is 1. The number of amides is 1. The minimum atomic E-state index is -0.136. The van der Waals surface area contributed by atoms with E-state index in [0.717, 1.165) is 48.6 Å². The molecule has 1 N–H and O–H groups in total. The molecule has 0 radical (unpaired) electrons. The summed E-state index contributed by atoms with van der Waals surface area (Å²) in [6.07, 6.45) is 0. The minimum Gasteiger partial charge on any atom is -0.493 e. The van der Waals surface area contributed by atoms with Crippen molar-refractivity contribution in [1.29, 1.82) is 0 Å². The van der Waals surface area contributed by atoms with E-state index >= 15 is 0 Å². The highest BCUT2D eigenvalue weighted by atomic mass is 79.9. The Labute approximate surface area is 169 Å². The van der Waals surface area contributed by atoms with Gasteiger partial charge in [0.25, 0.3) is 5.91 Å². The fraction of sp³-hybridized carbons (Fsp3) is 0.381. The maximum atomic E-state index is 12.5. The molecule has 0 spiro atoms. The number of ether oxygens (including phenoxy) is 1. The molecule has 2 aromatic rings. The molecule has 0 bridgehead atoms. The molecule has 0 aromatic heterocycles. The second-order valence-electron chi connectivity index (χ2n) is 6.50. The SMILES string of the molecule is CCOc1ccc(C(=O)Nc2ccc(N3CCN(CC)CC3)cc2)cc1Br. The number of piperazine rings is 1. The summed E-state index contributed by atoms with van der Waals surface area (Å²) in [5.74, 6) is 0.602. The van der Waals surface area contributed by atoms with Crippen LogP contribution in [-0.2, 0) is 0 Å². The van der Waals surface area contributed by atoms with Crippen molar-refractivity contribution in [2.75, 3.05) is 49.5 Å². The van der Waals surface area contributed by atoms with Crippen LogP contribution in [0.2, 0.25) is 0 Å². The second-order valence-corrected chi connectivity index (χ2v) is 7.35. The third kappa shape index (κ3) is 5.02. The van der Waals surface area contributed by atoms with Crippen LogP contribution in [0.5, 0.6) is 5.75 Å². The topological polar surface area (TPSA) is 44.8 Å². The van der Waals surface area contributed by atoms with Crippen LogP contribution in [-0.4, -0.2) is 50.1 Å². The maximum Gasteiger partial charge on any atom is 0.255 e. The maximum absolute atomic E-state index is 12.5. The zero-order valence-corrected chi connectivity index (χ0v) is 17.5. The van der Waals surface area contributed by atoms with Crippen LogP contribution in [0.3, 0.4) is 0 Å². The highest BCUT2D eigenvalue weighted by molar-refractivity contribution is 9.10. The molecule has 1 aliphatic rings. The summed E-state index contributed by atoms with van der Waals surface area (Å²) in [7, 11) is 0. The monoisotopic (exact) mass is 431 g/mol. The Bertz CT molecular complexity index is 771. The molecule has 1 fully saturated rings. The Morgan fingerprint density at radius 2 is 1.78 bits per heavy atom. The zero-order valence-electron chi connectivity index (χ0n) is 15.9. The van der Waals surface area contributed by atoms with Crippen LogP contribution in [0, 0.1) is 0 Å². The lowest BCUT2D eigenvalue weighted by atomic mass is 10.2. The third-order valence-electron chi connectivity index (χ3n) is 4.80. The average Bonchev–Trinajstić information content (AvgIpc) is 2.70. The van der Waals surface area contributed by atoms with Crippen molar-refractivity contribution >= 4 is 33.2 Å². The molecule has 144 valence electrons. The first kappa shape index (κ1) is 19.7. The summed E-state index contributed by atoms with van der Waals surface area (Å²) in [4.78, 5) is 17.4. The second kappa shape index (κ2) is 9.24. The number of hydrogen-bond acceptors (Lipinski definition) is 4. The van der Waals surface area contributed by atoms with Gasteiger partial charge in [-0.1, -0.05) is 6.92 Å². The first-order valence-electron chi connectivity index (χ1n) is 9.41. The lowest BCUT2D eigenvalue weighted by Crippen LogP contribution is -2.46. The predicted octanol–water partition coefficient (Wildman–Crippen LogP) is 4.24. The fourth-order valence-corrected chi connectivity index (χ4v) is 3.69. The van der Waals surface area contributed by atoms with E-state index in [1.165, 1.54) is 5.69 Å². The molecule has 1 aliphatic heterocycles. The van der Waals surface area contributed by atoms with Crippen LogP contribution in [0.15, 0.2) is 46.9 Å². The molecule has 1 amide bonds. The lowest BCUT2D eigenvalue weighted by molar-refractivity contribution is 0.102. The van der Waals surface area contributed by atoms with E-state index in [2.05, 4.69) is 50.1 Å². The largest absolute Gasteiger partial charge is 0.493 e. The molecule has 5 nitrogen and oxygen atoms in total. The molecule has 3 rings (SSSR count). The van der Waals surface area contributed by atoms with Crippen molar-refractivity contribution in [3.8, 4) is 5.75 Å². The first-order chi connectivity index (χ1) is 13.1. The molecule has 1 saturated heterocycles. The Kier molecular flexibility index (Phi) is 6.74. The summed E-state index contributed by atoms with van der Waals surface area (Å²) in [6.45, 7) is 10.1.